The monoisotopic (exact) mass is 364 g/mol. The standard InChI is InChI=1S/C15H36N4O3.C3H8/c1-13(20)10-17-5-4-16-6-8-19(12-15(3)22)9-7-18-11-14(2)21;1-3-2/h13-18,20-22H,4-12H2,1-3H3;3H2,1-2H3. The molecule has 0 saturated carbocycles. The van der Waals surface area contributed by atoms with Crippen LogP contribution in [-0.2, 0) is 0 Å². The molecule has 7 heteroatoms. The first-order valence-electron chi connectivity index (χ1n) is 9.72. The van der Waals surface area contributed by atoms with Gasteiger partial charge in [-0.1, -0.05) is 20.3 Å². The van der Waals surface area contributed by atoms with Crippen molar-refractivity contribution in [2.75, 3.05) is 58.9 Å². The van der Waals surface area contributed by atoms with Crippen LogP contribution in [0.4, 0.5) is 0 Å². The first-order valence-corrected chi connectivity index (χ1v) is 9.72. The van der Waals surface area contributed by atoms with Gasteiger partial charge < -0.3 is 31.3 Å². The molecule has 0 saturated heterocycles. The second kappa shape index (κ2) is 20.0. The van der Waals surface area contributed by atoms with Crippen LogP contribution in [0.3, 0.4) is 0 Å². The van der Waals surface area contributed by atoms with Crippen molar-refractivity contribution in [3.8, 4) is 0 Å². The van der Waals surface area contributed by atoms with E-state index in [1.165, 1.54) is 6.42 Å². The molecule has 0 heterocycles. The highest BCUT2D eigenvalue weighted by Crippen LogP contribution is 1.91. The van der Waals surface area contributed by atoms with Gasteiger partial charge in [-0.25, -0.2) is 0 Å². The number of nitrogens with zero attached hydrogens (tertiary/aromatic N) is 1. The predicted molar refractivity (Wildman–Crippen MR) is 106 cm³/mol. The molecular weight excluding hydrogens is 320 g/mol. The van der Waals surface area contributed by atoms with Crippen molar-refractivity contribution in [3.63, 3.8) is 0 Å². The number of hydrogen-bond acceptors (Lipinski definition) is 7. The van der Waals surface area contributed by atoms with E-state index in [0.29, 0.717) is 19.6 Å². The third-order valence-corrected chi connectivity index (χ3v) is 3.09. The number of aliphatic hydroxyl groups is 3. The van der Waals surface area contributed by atoms with Crippen LogP contribution in [0, 0.1) is 0 Å². The van der Waals surface area contributed by atoms with E-state index in [2.05, 4.69) is 34.7 Å². The molecule has 154 valence electrons. The van der Waals surface area contributed by atoms with Gasteiger partial charge in [0, 0.05) is 58.9 Å². The molecule has 3 unspecified atom stereocenters. The van der Waals surface area contributed by atoms with Crippen molar-refractivity contribution in [1.82, 2.24) is 20.9 Å². The molecule has 0 amide bonds. The highest BCUT2D eigenvalue weighted by molar-refractivity contribution is 4.66. The lowest BCUT2D eigenvalue weighted by Gasteiger charge is -2.24. The Bertz CT molecular complexity index is 254. The van der Waals surface area contributed by atoms with Gasteiger partial charge >= 0.3 is 0 Å². The lowest BCUT2D eigenvalue weighted by molar-refractivity contribution is 0.125. The maximum Gasteiger partial charge on any atom is 0.0639 e. The summed E-state index contributed by atoms with van der Waals surface area (Å²) >= 11 is 0. The summed E-state index contributed by atoms with van der Waals surface area (Å²) in [6.07, 6.45) is 0.265. The third kappa shape index (κ3) is 26.1. The van der Waals surface area contributed by atoms with Crippen molar-refractivity contribution < 1.29 is 15.3 Å². The van der Waals surface area contributed by atoms with Crippen LogP contribution in [0.5, 0.6) is 0 Å². The van der Waals surface area contributed by atoms with Crippen molar-refractivity contribution >= 4 is 0 Å². The fourth-order valence-electron chi connectivity index (χ4n) is 2.07. The van der Waals surface area contributed by atoms with Crippen LogP contribution in [0.25, 0.3) is 0 Å². The highest BCUT2D eigenvalue weighted by Gasteiger charge is 2.07. The molecule has 0 bridgehead atoms. The maximum atomic E-state index is 9.54. The Morgan fingerprint density at radius 3 is 1.52 bits per heavy atom. The highest BCUT2D eigenvalue weighted by atomic mass is 16.3. The van der Waals surface area contributed by atoms with Gasteiger partial charge in [0.1, 0.15) is 0 Å². The van der Waals surface area contributed by atoms with E-state index in [4.69, 9.17) is 5.11 Å². The zero-order valence-corrected chi connectivity index (χ0v) is 17.1. The van der Waals surface area contributed by atoms with Crippen LogP contribution in [0.1, 0.15) is 41.0 Å². The Morgan fingerprint density at radius 1 is 0.680 bits per heavy atom. The molecule has 3 atom stereocenters. The van der Waals surface area contributed by atoms with E-state index < -0.39 is 0 Å². The number of nitrogens with one attached hydrogen (secondary N) is 3. The number of rotatable bonds is 15. The zero-order valence-electron chi connectivity index (χ0n) is 17.1. The van der Waals surface area contributed by atoms with Crippen molar-refractivity contribution in [2.45, 2.75) is 59.4 Å². The molecule has 0 aliphatic rings. The molecule has 0 aromatic rings. The van der Waals surface area contributed by atoms with Gasteiger partial charge in [-0.2, -0.15) is 0 Å². The van der Waals surface area contributed by atoms with E-state index in [1.54, 1.807) is 20.8 Å². The Balaban J connectivity index is 0. The average molecular weight is 365 g/mol. The van der Waals surface area contributed by atoms with Gasteiger partial charge in [0.05, 0.1) is 18.3 Å². The minimum Gasteiger partial charge on any atom is -0.392 e. The van der Waals surface area contributed by atoms with Crippen LogP contribution >= 0.6 is 0 Å². The molecule has 25 heavy (non-hydrogen) atoms. The first-order chi connectivity index (χ1) is 11.8. The number of hydrogen-bond donors (Lipinski definition) is 6. The van der Waals surface area contributed by atoms with E-state index in [-0.39, 0.29) is 18.3 Å². The van der Waals surface area contributed by atoms with Gasteiger partial charge in [-0.3, -0.25) is 4.90 Å². The molecule has 0 aliphatic heterocycles. The van der Waals surface area contributed by atoms with Crippen LogP contribution < -0.4 is 16.0 Å². The average Bonchev–Trinajstić information content (AvgIpc) is 2.50. The lowest BCUT2D eigenvalue weighted by Crippen LogP contribution is -2.42. The molecule has 0 aromatic carbocycles. The van der Waals surface area contributed by atoms with Crippen LogP contribution in [0.15, 0.2) is 0 Å². The van der Waals surface area contributed by atoms with Gasteiger partial charge in [-0.05, 0) is 20.8 Å². The van der Waals surface area contributed by atoms with Gasteiger partial charge in [-0.15, -0.1) is 0 Å². The largest absolute Gasteiger partial charge is 0.392 e. The Labute approximate surface area is 155 Å². The molecule has 0 aliphatic carbocycles. The van der Waals surface area contributed by atoms with E-state index >= 15 is 0 Å². The number of aliphatic hydroxyl groups excluding tert-OH is 3. The second-order valence-corrected chi connectivity index (χ2v) is 6.71. The predicted octanol–water partition coefficient (Wildman–Crippen LogP) is -0.384. The molecule has 7 nitrogen and oxygen atoms in total. The lowest BCUT2D eigenvalue weighted by atomic mass is 10.3. The van der Waals surface area contributed by atoms with Crippen molar-refractivity contribution in [3.05, 3.63) is 0 Å². The minimum absolute atomic E-state index is 0.310. The summed E-state index contributed by atoms with van der Waals surface area (Å²) in [5, 5.41) is 37.5. The van der Waals surface area contributed by atoms with E-state index in [9.17, 15) is 10.2 Å². The van der Waals surface area contributed by atoms with Gasteiger partial charge in [0.25, 0.3) is 0 Å². The quantitative estimate of drug-likeness (QED) is 0.220. The Morgan fingerprint density at radius 2 is 1.08 bits per heavy atom. The van der Waals surface area contributed by atoms with E-state index in [0.717, 1.165) is 39.3 Å². The Hall–Kier alpha value is -0.280. The minimum atomic E-state index is -0.343. The van der Waals surface area contributed by atoms with Gasteiger partial charge in [0.2, 0.25) is 0 Å². The fourth-order valence-corrected chi connectivity index (χ4v) is 2.07. The summed E-state index contributed by atoms with van der Waals surface area (Å²) in [6.45, 7) is 16.5. The normalized spacial score (nSPS) is 14.8. The summed E-state index contributed by atoms with van der Waals surface area (Å²) in [6, 6.07) is 0. The summed E-state index contributed by atoms with van der Waals surface area (Å²) in [7, 11) is 0. The second-order valence-electron chi connectivity index (χ2n) is 6.71. The molecule has 0 fully saturated rings. The molecule has 0 spiro atoms. The molecule has 6 N–H and O–H groups in total. The molecule has 0 radical (unpaired) electrons. The summed E-state index contributed by atoms with van der Waals surface area (Å²) < 4.78 is 0. The summed E-state index contributed by atoms with van der Waals surface area (Å²) in [5.41, 5.74) is 0. The summed E-state index contributed by atoms with van der Waals surface area (Å²) in [4.78, 5) is 2.20. The molecule has 0 aromatic heterocycles. The van der Waals surface area contributed by atoms with Gasteiger partial charge in [0.15, 0.2) is 0 Å². The Kier molecular flexibility index (Phi) is 21.6. The molecule has 0 rings (SSSR count). The molecular formula is C18H44N4O3. The van der Waals surface area contributed by atoms with Crippen molar-refractivity contribution in [2.24, 2.45) is 0 Å². The van der Waals surface area contributed by atoms with Crippen LogP contribution in [-0.4, -0.2) is 97.4 Å². The topological polar surface area (TPSA) is 100 Å². The fraction of sp³-hybridized carbons (Fsp3) is 1.00. The smallest absolute Gasteiger partial charge is 0.0639 e. The van der Waals surface area contributed by atoms with E-state index in [1.807, 2.05) is 0 Å². The SMILES string of the molecule is CC(O)CNCCNCCN(CCNCC(C)O)CC(C)O.CCC. The first kappa shape index (κ1) is 26.9. The van der Waals surface area contributed by atoms with Crippen molar-refractivity contribution in [1.29, 1.82) is 0 Å². The zero-order chi connectivity index (χ0) is 19.5. The maximum absolute atomic E-state index is 9.54. The van der Waals surface area contributed by atoms with Crippen LogP contribution in [0.2, 0.25) is 0 Å². The summed E-state index contributed by atoms with van der Waals surface area (Å²) in [5.74, 6) is 0. The third-order valence-electron chi connectivity index (χ3n) is 3.09.